The van der Waals surface area contributed by atoms with Crippen molar-refractivity contribution >= 4 is 28.9 Å². The van der Waals surface area contributed by atoms with Gasteiger partial charge in [0.25, 0.3) is 0 Å². The molecular formula is C28H41N5O4. The Bertz CT molecular complexity index is 1180. The van der Waals surface area contributed by atoms with Gasteiger partial charge in [0.2, 0.25) is 0 Å². The maximum absolute atomic E-state index is 12.7. The quantitative estimate of drug-likeness (QED) is 0.531. The van der Waals surface area contributed by atoms with Crippen molar-refractivity contribution in [2.24, 2.45) is 5.92 Å². The molecular weight excluding hydrogens is 470 g/mol. The maximum atomic E-state index is 12.7. The van der Waals surface area contributed by atoms with Gasteiger partial charge in [-0.3, -0.25) is 4.79 Å². The first-order valence-corrected chi connectivity index (χ1v) is 13.6. The van der Waals surface area contributed by atoms with Gasteiger partial charge < -0.3 is 23.8 Å². The normalized spacial score (nSPS) is 24.7. The average molecular weight is 512 g/mol. The number of ether oxygens (including phenoxy) is 2. The van der Waals surface area contributed by atoms with E-state index < -0.39 is 11.2 Å². The molecule has 2 aliphatic carbocycles. The molecule has 2 aromatic heterocycles. The number of hydrogen-bond donors (Lipinski definition) is 0. The first-order valence-electron chi connectivity index (χ1n) is 13.6. The monoisotopic (exact) mass is 511 g/mol. The van der Waals surface area contributed by atoms with Crippen molar-refractivity contribution in [2.45, 2.75) is 103 Å². The number of hydrogen-bond acceptors (Lipinski definition) is 7. The summed E-state index contributed by atoms with van der Waals surface area (Å²) < 4.78 is 13.5. The standard InChI is InChI=1S/C28H41N5O4/c1-17-14-31(26(35)37-28(5,6)7)10-11-32(17)23-22-21(18-8-9-18)15-33(24(22)30-16-29-23)20-12-19(13-20)25(34)36-27(2,3)4/h15-20H,8-14H2,1-7H3/t17-,19?,20?/m0/s1. The minimum Gasteiger partial charge on any atom is -0.460 e. The molecule has 3 fully saturated rings. The summed E-state index contributed by atoms with van der Waals surface area (Å²) in [7, 11) is 0. The number of aromatic nitrogens is 3. The lowest BCUT2D eigenvalue weighted by Crippen LogP contribution is -2.54. The summed E-state index contributed by atoms with van der Waals surface area (Å²) in [6.45, 7) is 15.4. The molecule has 3 aliphatic rings. The zero-order valence-electron chi connectivity index (χ0n) is 23.3. The molecule has 0 radical (unpaired) electrons. The van der Waals surface area contributed by atoms with E-state index in [9.17, 15) is 9.59 Å². The van der Waals surface area contributed by atoms with Crippen LogP contribution in [0, 0.1) is 5.92 Å². The highest BCUT2D eigenvalue weighted by Crippen LogP contribution is 2.49. The molecule has 9 heteroatoms. The van der Waals surface area contributed by atoms with Crippen molar-refractivity contribution in [3.05, 3.63) is 18.1 Å². The van der Waals surface area contributed by atoms with Crippen LogP contribution in [0.1, 0.15) is 91.7 Å². The van der Waals surface area contributed by atoms with Crippen LogP contribution in [0.25, 0.3) is 11.0 Å². The van der Waals surface area contributed by atoms with Gasteiger partial charge in [0.15, 0.2) is 0 Å². The predicted octanol–water partition coefficient (Wildman–Crippen LogP) is 5.05. The lowest BCUT2D eigenvalue weighted by atomic mass is 9.80. The highest BCUT2D eigenvalue weighted by atomic mass is 16.6. The number of carbonyl (C=O) groups excluding carboxylic acids is 2. The van der Waals surface area contributed by atoms with Gasteiger partial charge in [0.05, 0.1) is 11.3 Å². The van der Waals surface area contributed by atoms with Gasteiger partial charge in [-0.25, -0.2) is 14.8 Å². The van der Waals surface area contributed by atoms with E-state index in [-0.39, 0.29) is 30.1 Å². The molecule has 202 valence electrons. The van der Waals surface area contributed by atoms with Crippen molar-refractivity contribution in [3.63, 3.8) is 0 Å². The number of carbonyl (C=O) groups is 2. The van der Waals surface area contributed by atoms with Crippen molar-refractivity contribution in [3.8, 4) is 0 Å². The second kappa shape index (κ2) is 9.17. The third-order valence-corrected chi connectivity index (χ3v) is 7.43. The lowest BCUT2D eigenvalue weighted by Gasteiger charge is -2.41. The van der Waals surface area contributed by atoms with Gasteiger partial charge in [-0.2, -0.15) is 0 Å². The Hall–Kier alpha value is -2.84. The van der Waals surface area contributed by atoms with Crippen LogP contribution in [-0.4, -0.2) is 68.4 Å². The molecule has 37 heavy (non-hydrogen) atoms. The maximum Gasteiger partial charge on any atom is 0.410 e. The van der Waals surface area contributed by atoms with E-state index in [0.717, 1.165) is 29.7 Å². The number of amides is 1. The van der Waals surface area contributed by atoms with Crippen LogP contribution in [-0.2, 0) is 14.3 Å². The van der Waals surface area contributed by atoms with Crippen LogP contribution < -0.4 is 4.90 Å². The van der Waals surface area contributed by atoms with Crippen molar-refractivity contribution in [1.82, 2.24) is 19.4 Å². The smallest absolute Gasteiger partial charge is 0.410 e. The fourth-order valence-electron chi connectivity index (χ4n) is 5.45. The van der Waals surface area contributed by atoms with Crippen molar-refractivity contribution < 1.29 is 19.1 Å². The van der Waals surface area contributed by atoms with Crippen LogP contribution in [0.15, 0.2) is 12.5 Å². The van der Waals surface area contributed by atoms with E-state index in [4.69, 9.17) is 19.4 Å². The fraction of sp³-hybridized carbons (Fsp3) is 0.714. The Morgan fingerprint density at radius 1 is 0.973 bits per heavy atom. The Kier molecular flexibility index (Phi) is 6.39. The van der Waals surface area contributed by atoms with Crippen LogP contribution in [0.4, 0.5) is 10.6 Å². The van der Waals surface area contributed by atoms with Crippen LogP contribution in [0.3, 0.4) is 0 Å². The molecule has 0 unspecified atom stereocenters. The van der Waals surface area contributed by atoms with E-state index in [2.05, 4.69) is 22.6 Å². The van der Waals surface area contributed by atoms with E-state index in [1.54, 1.807) is 11.2 Å². The number of anilines is 1. The molecule has 2 aromatic rings. The summed E-state index contributed by atoms with van der Waals surface area (Å²) >= 11 is 0. The molecule has 0 bridgehead atoms. The first-order chi connectivity index (χ1) is 17.3. The summed E-state index contributed by atoms with van der Waals surface area (Å²) in [6, 6.07) is 0.326. The van der Waals surface area contributed by atoms with Crippen molar-refractivity contribution in [2.75, 3.05) is 24.5 Å². The fourth-order valence-corrected chi connectivity index (χ4v) is 5.45. The molecule has 0 spiro atoms. The van der Waals surface area contributed by atoms with Crippen LogP contribution in [0.2, 0.25) is 0 Å². The predicted molar refractivity (Wildman–Crippen MR) is 142 cm³/mol. The zero-order chi connectivity index (χ0) is 26.7. The molecule has 0 N–H and O–H groups in total. The third kappa shape index (κ3) is 5.41. The minimum atomic E-state index is -0.512. The largest absolute Gasteiger partial charge is 0.460 e. The van der Waals surface area contributed by atoms with E-state index in [1.807, 2.05) is 41.5 Å². The molecule has 1 saturated heterocycles. The number of rotatable bonds is 4. The topological polar surface area (TPSA) is 89.8 Å². The average Bonchev–Trinajstić information content (AvgIpc) is 3.51. The molecule has 1 aliphatic heterocycles. The van der Waals surface area contributed by atoms with E-state index in [0.29, 0.717) is 25.6 Å². The molecule has 1 amide bonds. The number of nitrogens with zero attached hydrogens (tertiary/aromatic N) is 5. The molecule has 9 nitrogen and oxygen atoms in total. The molecule has 2 saturated carbocycles. The first kappa shape index (κ1) is 25.8. The zero-order valence-corrected chi connectivity index (χ0v) is 23.3. The summed E-state index contributed by atoms with van der Waals surface area (Å²) in [5.74, 6) is 1.32. The molecule has 5 rings (SSSR count). The van der Waals surface area contributed by atoms with Gasteiger partial charge in [-0.1, -0.05) is 0 Å². The number of fused-ring (bicyclic) bond motifs is 1. The summed E-state index contributed by atoms with van der Waals surface area (Å²) in [5, 5.41) is 1.13. The van der Waals surface area contributed by atoms with Gasteiger partial charge in [0.1, 0.15) is 29.0 Å². The second-order valence-electron chi connectivity index (χ2n) is 13.0. The number of piperazine rings is 1. The van der Waals surface area contributed by atoms with Crippen LogP contribution >= 0.6 is 0 Å². The Balaban J connectivity index is 1.37. The highest BCUT2D eigenvalue weighted by molar-refractivity contribution is 5.92. The van der Waals surface area contributed by atoms with E-state index in [1.165, 1.54) is 18.4 Å². The third-order valence-electron chi connectivity index (χ3n) is 7.43. The van der Waals surface area contributed by atoms with Gasteiger partial charge in [-0.05, 0) is 85.6 Å². The summed E-state index contributed by atoms with van der Waals surface area (Å²) in [5.41, 5.74) is 1.28. The lowest BCUT2D eigenvalue weighted by molar-refractivity contribution is -0.164. The minimum absolute atomic E-state index is 0.0617. The second-order valence-corrected chi connectivity index (χ2v) is 13.0. The van der Waals surface area contributed by atoms with Crippen LogP contribution in [0.5, 0.6) is 0 Å². The number of esters is 1. The molecule has 0 aromatic carbocycles. The SMILES string of the molecule is C[C@H]1CN(C(=O)OC(C)(C)C)CCN1c1ncnc2c1c(C1CC1)cn2C1CC(C(=O)OC(C)(C)C)C1. The highest BCUT2D eigenvalue weighted by Gasteiger charge is 2.41. The van der Waals surface area contributed by atoms with Crippen molar-refractivity contribution in [1.29, 1.82) is 0 Å². The summed E-state index contributed by atoms with van der Waals surface area (Å²) in [6.07, 6.45) is 7.56. The molecule has 1 atom stereocenters. The Morgan fingerprint density at radius 3 is 2.24 bits per heavy atom. The molecule has 3 heterocycles. The van der Waals surface area contributed by atoms with E-state index >= 15 is 0 Å². The van der Waals surface area contributed by atoms with Gasteiger partial charge in [-0.15, -0.1) is 0 Å². The Labute approximate surface area is 219 Å². The summed E-state index contributed by atoms with van der Waals surface area (Å²) in [4.78, 5) is 38.8. The van der Waals surface area contributed by atoms with Gasteiger partial charge in [0, 0.05) is 37.9 Å². The van der Waals surface area contributed by atoms with Gasteiger partial charge >= 0.3 is 12.1 Å². The Morgan fingerprint density at radius 2 is 1.65 bits per heavy atom.